The molecule has 0 aliphatic heterocycles. The first-order chi connectivity index (χ1) is 8.71. The van der Waals surface area contributed by atoms with Crippen LogP contribution in [0.2, 0.25) is 5.02 Å². The fraction of sp³-hybridized carbons (Fsp3) is 0.538. The third-order valence-electron chi connectivity index (χ3n) is 3.09. The van der Waals surface area contributed by atoms with Crippen molar-refractivity contribution in [3.05, 3.63) is 22.7 Å². The first-order valence-corrected chi connectivity index (χ1v) is 6.36. The molecule has 0 bridgehead atoms. The minimum Gasteiger partial charge on any atom is -0.493 e. The molecule has 1 aromatic carbocycles. The minimum atomic E-state index is -0.162. The standard InChI is InChI=1S/C13H18ClNO3/c1-17-11-6-5-9(12(14)13(11)18-2)10(7-16)15-8-3-4-8/h5-6,8,10,15-16H,3-4,7H2,1-2H3. The molecule has 2 N–H and O–H groups in total. The van der Waals surface area contributed by atoms with Gasteiger partial charge in [-0.3, -0.25) is 0 Å². The molecule has 1 fully saturated rings. The summed E-state index contributed by atoms with van der Waals surface area (Å²) in [7, 11) is 3.12. The summed E-state index contributed by atoms with van der Waals surface area (Å²) in [5.41, 5.74) is 0.837. The van der Waals surface area contributed by atoms with Gasteiger partial charge >= 0.3 is 0 Å². The second-order valence-electron chi connectivity index (χ2n) is 4.38. The maximum atomic E-state index is 9.48. The van der Waals surface area contributed by atoms with Crippen molar-refractivity contribution < 1.29 is 14.6 Å². The van der Waals surface area contributed by atoms with Crippen LogP contribution in [0.5, 0.6) is 11.5 Å². The summed E-state index contributed by atoms with van der Waals surface area (Å²) >= 11 is 6.31. The van der Waals surface area contributed by atoms with Crippen LogP contribution in [0.3, 0.4) is 0 Å². The van der Waals surface area contributed by atoms with Gasteiger partial charge in [0.25, 0.3) is 0 Å². The van der Waals surface area contributed by atoms with Crippen molar-refractivity contribution in [2.75, 3.05) is 20.8 Å². The van der Waals surface area contributed by atoms with E-state index in [1.165, 1.54) is 0 Å². The molecule has 0 aromatic heterocycles. The lowest BCUT2D eigenvalue weighted by atomic mass is 10.1. The molecule has 0 spiro atoms. The van der Waals surface area contributed by atoms with Crippen molar-refractivity contribution in [1.82, 2.24) is 5.32 Å². The molecule has 0 radical (unpaired) electrons. The van der Waals surface area contributed by atoms with E-state index < -0.39 is 0 Å². The number of aliphatic hydroxyl groups is 1. The van der Waals surface area contributed by atoms with E-state index in [4.69, 9.17) is 21.1 Å². The molecule has 0 amide bonds. The SMILES string of the molecule is COc1ccc(C(CO)NC2CC2)c(Cl)c1OC. The largest absolute Gasteiger partial charge is 0.493 e. The van der Waals surface area contributed by atoms with Gasteiger partial charge in [0, 0.05) is 6.04 Å². The number of hydrogen-bond acceptors (Lipinski definition) is 4. The average Bonchev–Trinajstić information content (AvgIpc) is 3.19. The fourth-order valence-electron chi connectivity index (χ4n) is 1.95. The summed E-state index contributed by atoms with van der Waals surface area (Å²) in [5, 5.41) is 13.3. The van der Waals surface area contributed by atoms with Crippen LogP contribution in [0, 0.1) is 0 Å². The molecule has 100 valence electrons. The van der Waals surface area contributed by atoms with Crippen LogP contribution in [-0.2, 0) is 0 Å². The highest BCUT2D eigenvalue weighted by molar-refractivity contribution is 6.33. The number of nitrogens with one attached hydrogen (secondary N) is 1. The second kappa shape index (κ2) is 5.78. The number of rotatable bonds is 6. The monoisotopic (exact) mass is 271 g/mol. The Morgan fingerprint density at radius 1 is 1.39 bits per heavy atom. The summed E-state index contributed by atoms with van der Waals surface area (Å²) < 4.78 is 10.4. The average molecular weight is 272 g/mol. The lowest BCUT2D eigenvalue weighted by molar-refractivity contribution is 0.243. The van der Waals surface area contributed by atoms with Crippen molar-refractivity contribution in [2.45, 2.75) is 24.9 Å². The van der Waals surface area contributed by atoms with E-state index in [1.807, 2.05) is 6.07 Å². The zero-order chi connectivity index (χ0) is 13.1. The van der Waals surface area contributed by atoms with Crippen LogP contribution in [0.4, 0.5) is 0 Å². The van der Waals surface area contributed by atoms with Gasteiger partial charge in [-0.15, -0.1) is 0 Å². The van der Waals surface area contributed by atoms with Crippen molar-refractivity contribution in [3.63, 3.8) is 0 Å². The first-order valence-electron chi connectivity index (χ1n) is 5.98. The van der Waals surface area contributed by atoms with Crippen LogP contribution in [-0.4, -0.2) is 32.0 Å². The van der Waals surface area contributed by atoms with Gasteiger partial charge < -0.3 is 19.9 Å². The van der Waals surface area contributed by atoms with Crippen molar-refractivity contribution in [1.29, 1.82) is 0 Å². The lowest BCUT2D eigenvalue weighted by Gasteiger charge is -2.20. The van der Waals surface area contributed by atoms with E-state index in [2.05, 4.69) is 5.32 Å². The summed E-state index contributed by atoms with van der Waals surface area (Å²) in [6.07, 6.45) is 2.31. The summed E-state index contributed by atoms with van der Waals surface area (Å²) in [6.45, 7) is 0.00566. The zero-order valence-corrected chi connectivity index (χ0v) is 11.3. The van der Waals surface area contributed by atoms with E-state index in [-0.39, 0.29) is 12.6 Å². The molecule has 1 aliphatic rings. The number of benzene rings is 1. The predicted molar refractivity (Wildman–Crippen MR) is 70.5 cm³/mol. The second-order valence-corrected chi connectivity index (χ2v) is 4.76. The highest BCUT2D eigenvalue weighted by Crippen LogP contribution is 2.40. The van der Waals surface area contributed by atoms with Crippen molar-refractivity contribution >= 4 is 11.6 Å². The third-order valence-corrected chi connectivity index (χ3v) is 3.48. The maximum Gasteiger partial charge on any atom is 0.179 e. The summed E-state index contributed by atoms with van der Waals surface area (Å²) in [6, 6.07) is 3.99. The summed E-state index contributed by atoms with van der Waals surface area (Å²) in [4.78, 5) is 0. The van der Waals surface area contributed by atoms with E-state index in [1.54, 1.807) is 20.3 Å². The van der Waals surface area contributed by atoms with E-state index >= 15 is 0 Å². The molecular formula is C13H18ClNO3. The van der Waals surface area contributed by atoms with Gasteiger partial charge in [0.2, 0.25) is 0 Å². The molecule has 1 aromatic rings. The highest BCUT2D eigenvalue weighted by Gasteiger charge is 2.27. The van der Waals surface area contributed by atoms with E-state index in [0.29, 0.717) is 22.6 Å². The minimum absolute atomic E-state index is 0.00566. The molecule has 1 unspecified atom stereocenters. The van der Waals surface area contributed by atoms with Gasteiger partial charge in [-0.1, -0.05) is 17.7 Å². The van der Waals surface area contributed by atoms with Gasteiger partial charge in [0.1, 0.15) is 0 Å². The molecule has 18 heavy (non-hydrogen) atoms. The quantitative estimate of drug-likeness (QED) is 0.832. The Morgan fingerprint density at radius 2 is 2.11 bits per heavy atom. The lowest BCUT2D eigenvalue weighted by Crippen LogP contribution is -2.26. The number of halogens is 1. The van der Waals surface area contributed by atoms with Crippen LogP contribution in [0.15, 0.2) is 12.1 Å². The number of aliphatic hydroxyl groups excluding tert-OH is 1. The third kappa shape index (κ3) is 2.71. The van der Waals surface area contributed by atoms with Crippen molar-refractivity contribution in [2.24, 2.45) is 0 Å². The molecule has 0 saturated heterocycles. The Balaban J connectivity index is 2.30. The Hall–Kier alpha value is -0.970. The molecule has 5 heteroatoms. The molecule has 0 heterocycles. The smallest absolute Gasteiger partial charge is 0.179 e. The molecular weight excluding hydrogens is 254 g/mol. The molecule has 4 nitrogen and oxygen atoms in total. The van der Waals surface area contributed by atoms with Crippen LogP contribution in [0.1, 0.15) is 24.4 Å². The molecule has 1 saturated carbocycles. The van der Waals surface area contributed by atoms with Gasteiger partial charge in [-0.2, -0.15) is 0 Å². The van der Waals surface area contributed by atoms with Crippen LogP contribution >= 0.6 is 11.6 Å². The number of hydrogen-bond donors (Lipinski definition) is 2. The molecule has 1 atom stereocenters. The predicted octanol–water partition coefficient (Wildman–Crippen LogP) is 2.14. The van der Waals surface area contributed by atoms with E-state index in [0.717, 1.165) is 18.4 Å². The zero-order valence-electron chi connectivity index (χ0n) is 10.6. The normalized spacial score (nSPS) is 16.4. The fourth-order valence-corrected chi connectivity index (χ4v) is 2.31. The van der Waals surface area contributed by atoms with Crippen LogP contribution < -0.4 is 14.8 Å². The highest BCUT2D eigenvalue weighted by atomic mass is 35.5. The molecule has 1 aliphatic carbocycles. The Bertz CT molecular complexity index is 421. The maximum absolute atomic E-state index is 9.48. The van der Waals surface area contributed by atoms with E-state index in [9.17, 15) is 5.11 Å². The first kappa shape index (κ1) is 13.5. The summed E-state index contributed by atoms with van der Waals surface area (Å²) in [5.74, 6) is 1.10. The van der Waals surface area contributed by atoms with Gasteiger partial charge in [-0.25, -0.2) is 0 Å². The van der Waals surface area contributed by atoms with Gasteiger partial charge in [-0.05, 0) is 24.5 Å². The number of ether oxygens (including phenoxy) is 2. The Labute approximate surface area is 112 Å². The molecule has 2 rings (SSSR count). The van der Waals surface area contributed by atoms with Crippen LogP contribution in [0.25, 0.3) is 0 Å². The topological polar surface area (TPSA) is 50.7 Å². The van der Waals surface area contributed by atoms with Gasteiger partial charge in [0.15, 0.2) is 11.5 Å². The Morgan fingerprint density at radius 3 is 2.61 bits per heavy atom. The Kier molecular flexibility index (Phi) is 4.32. The van der Waals surface area contributed by atoms with Crippen molar-refractivity contribution in [3.8, 4) is 11.5 Å². The van der Waals surface area contributed by atoms with Gasteiger partial charge in [0.05, 0.1) is 31.9 Å². The number of methoxy groups -OCH3 is 2.